The first-order chi connectivity index (χ1) is 11.7. The molecule has 0 saturated carbocycles. The first kappa shape index (κ1) is 18.1. The van der Waals surface area contributed by atoms with E-state index in [1.165, 1.54) is 21.4 Å². The highest BCUT2D eigenvalue weighted by atomic mass is 79.9. The molecule has 2 aromatic heterocycles. The average Bonchev–Trinajstić information content (AvgIpc) is 3.14. The van der Waals surface area contributed by atoms with Crippen LogP contribution in [0.25, 0.3) is 0 Å². The van der Waals surface area contributed by atoms with Crippen LogP contribution in [0.4, 0.5) is 0 Å². The number of aryl methyl sites for hydroxylation is 2. The summed E-state index contributed by atoms with van der Waals surface area (Å²) in [6.45, 7) is 2.99. The summed E-state index contributed by atoms with van der Waals surface area (Å²) >= 11 is 3.40. The van der Waals surface area contributed by atoms with E-state index < -0.39 is 10.0 Å². The number of nitrogens with zero attached hydrogens (tertiary/aromatic N) is 6. The highest BCUT2D eigenvalue weighted by molar-refractivity contribution is 9.10. The summed E-state index contributed by atoms with van der Waals surface area (Å²) in [7, 11) is -0.141. The molecule has 9 nitrogen and oxygen atoms in total. The molecular weight excluding hydrogens is 412 g/mol. The standard InChI is InChI=1S/C14H19BrN6O3S/c1-10-12(15)13(17-19(10)3)14(22)20-4-6-21(7-5-20)25(23,24)11-8-16-18(2)9-11/h8-9H,4-7H2,1-3H3. The highest BCUT2D eigenvalue weighted by Crippen LogP contribution is 2.23. The number of amides is 1. The van der Waals surface area contributed by atoms with Crippen LogP contribution in [-0.2, 0) is 24.1 Å². The van der Waals surface area contributed by atoms with Crippen LogP contribution in [-0.4, -0.2) is 69.3 Å². The van der Waals surface area contributed by atoms with Crippen molar-refractivity contribution in [1.82, 2.24) is 28.8 Å². The molecule has 11 heteroatoms. The van der Waals surface area contributed by atoms with Crippen molar-refractivity contribution in [3.63, 3.8) is 0 Å². The third kappa shape index (κ3) is 3.23. The Morgan fingerprint density at radius 1 is 1.20 bits per heavy atom. The predicted octanol–water partition coefficient (Wildman–Crippen LogP) is 0.371. The number of piperazine rings is 1. The Kier molecular flexibility index (Phi) is 4.73. The summed E-state index contributed by atoms with van der Waals surface area (Å²) in [4.78, 5) is 14.4. The Balaban J connectivity index is 1.71. The van der Waals surface area contributed by atoms with Gasteiger partial charge in [0.1, 0.15) is 4.90 Å². The molecule has 0 radical (unpaired) electrons. The molecule has 0 aliphatic carbocycles. The molecule has 3 heterocycles. The van der Waals surface area contributed by atoms with E-state index in [9.17, 15) is 13.2 Å². The maximum atomic E-state index is 12.7. The van der Waals surface area contributed by atoms with Crippen LogP contribution >= 0.6 is 15.9 Å². The molecule has 1 fully saturated rings. The highest BCUT2D eigenvalue weighted by Gasteiger charge is 2.32. The van der Waals surface area contributed by atoms with Gasteiger partial charge in [-0.05, 0) is 22.9 Å². The van der Waals surface area contributed by atoms with Crippen molar-refractivity contribution >= 4 is 31.9 Å². The number of rotatable bonds is 3. The van der Waals surface area contributed by atoms with Crippen molar-refractivity contribution in [3.05, 3.63) is 28.3 Å². The maximum absolute atomic E-state index is 12.7. The van der Waals surface area contributed by atoms with E-state index in [0.29, 0.717) is 23.3 Å². The van der Waals surface area contributed by atoms with E-state index in [1.54, 1.807) is 23.7 Å². The molecule has 3 rings (SSSR count). The zero-order valence-corrected chi connectivity index (χ0v) is 16.6. The van der Waals surface area contributed by atoms with E-state index in [4.69, 9.17) is 0 Å². The van der Waals surface area contributed by atoms with E-state index in [1.807, 2.05) is 6.92 Å². The SMILES string of the molecule is Cc1c(Br)c(C(=O)N2CCN(S(=O)(=O)c3cnn(C)c3)CC2)nn1C. The largest absolute Gasteiger partial charge is 0.335 e. The Morgan fingerprint density at radius 2 is 1.84 bits per heavy atom. The monoisotopic (exact) mass is 430 g/mol. The van der Waals surface area contributed by atoms with Crippen molar-refractivity contribution in [3.8, 4) is 0 Å². The third-order valence-electron chi connectivity index (χ3n) is 4.31. The predicted molar refractivity (Wildman–Crippen MR) is 93.5 cm³/mol. The summed E-state index contributed by atoms with van der Waals surface area (Å²) in [6, 6.07) is 0. The van der Waals surface area contributed by atoms with Crippen LogP contribution in [0.15, 0.2) is 21.8 Å². The molecular formula is C14H19BrN6O3S. The molecule has 0 spiro atoms. The molecule has 0 atom stereocenters. The molecule has 1 aliphatic heterocycles. The minimum Gasteiger partial charge on any atom is -0.335 e. The first-order valence-corrected chi connectivity index (χ1v) is 9.92. The summed E-state index contributed by atoms with van der Waals surface area (Å²) < 4.78 is 30.3. The number of hydrogen-bond acceptors (Lipinski definition) is 5. The summed E-state index contributed by atoms with van der Waals surface area (Å²) in [5.41, 5.74) is 1.21. The van der Waals surface area contributed by atoms with Crippen LogP contribution in [0, 0.1) is 6.92 Å². The Bertz CT molecular complexity index is 911. The summed E-state index contributed by atoms with van der Waals surface area (Å²) in [6.07, 6.45) is 2.81. The van der Waals surface area contributed by atoms with Gasteiger partial charge in [-0.1, -0.05) is 0 Å². The Labute approximate surface area is 154 Å². The number of carbonyl (C=O) groups is 1. The second-order valence-electron chi connectivity index (χ2n) is 5.92. The normalized spacial score (nSPS) is 16.4. The molecule has 1 amide bonds. The number of hydrogen-bond donors (Lipinski definition) is 0. The van der Waals surface area contributed by atoms with Gasteiger partial charge in [0.05, 0.1) is 16.4 Å². The minimum atomic E-state index is -3.58. The fraction of sp³-hybridized carbons (Fsp3) is 0.500. The van der Waals surface area contributed by atoms with E-state index in [2.05, 4.69) is 26.1 Å². The Morgan fingerprint density at radius 3 is 2.32 bits per heavy atom. The number of aromatic nitrogens is 4. The fourth-order valence-corrected chi connectivity index (χ4v) is 4.60. The molecule has 25 heavy (non-hydrogen) atoms. The smallest absolute Gasteiger partial charge is 0.275 e. The molecule has 0 N–H and O–H groups in total. The topological polar surface area (TPSA) is 93.3 Å². The van der Waals surface area contributed by atoms with Gasteiger partial charge in [0.25, 0.3) is 5.91 Å². The number of sulfonamides is 1. The van der Waals surface area contributed by atoms with Gasteiger partial charge in [-0.2, -0.15) is 14.5 Å². The summed E-state index contributed by atoms with van der Waals surface area (Å²) in [5.74, 6) is -0.200. The zero-order chi connectivity index (χ0) is 18.4. The first-order valence-electron chi connectivity index (χ1n) is 7.69. The minimum absolute atomic E-state index is 0.165. The molecule has 0 unspecified atom stereocenters. The second kappa shape index (κ2) is 6.54. The van der Waals surface area contributed by atoms with Crippen molar-refractivity contribution in [2.24, 2.45) is 14.1 Å². The van der Waals surface area contributed by atoms with Gasteiger partial charge in [0.2, 0.25) is 10.0 Å². The van der Waals surface area contributed by atoms with Crippen molar-refractivity contribution in [2.45, 2.75) is 11.8 Å². The van der Waals surface area contributed by atoms with Gasteiger partial charge in [0, 0.05) is 46.5 Å². The van der Waals surface area contributed by atoms with E-state index in [0.717, 1.165) is 5.69 Å². The Hall–Kier alpha value is -1.72. The molecule has 2 aromatic rings. The van der Waals surface area contributed by atoms with Crippen molar-refractivity contribution in [1.29, 1.82) is 0 Å². The quantitative estimate of drug-likeness (QED) is 0.700. The fourth-order valence-electron chi connectivity index (χ4n) is 2.68. The third-order valence-corrected chi connectivity index (χ3v) is 7.11. The molecule has 136 valence electrons. The van der Waals surface area contributed by atoms with E-state index in [-0.39, 0.29) is 23.9 Å². The lowest BCUT2D eigenvalue weighted by Crippen LogP contribution is -2.50. The maximum Gasteiger partial charge on any atom is 0.275 e. The van der Waals surface area contributed by atoms with E-state index >= 15 is 0 Å². The number of halogens is 1. The van der Waals surface area contributed by atoms with Gasteiger partial charge in [0.15, 0.2) is 5.69 Å². The van der Waals surface area contributed by atoms with Gasteiger partial charge in [-0.25, -0.2) is 8.42 Å². The molecule has 1 aliphatic rings. The number of carbonyl (C=O) groups excluding carboxylic acids is 1. The summed E-state index contributed by atoms with van der Waals surface area (Å²) in [5, 5.41) is 8.15. The van der Waals surface area contributed by atoms with Crippen LogP contribution < -0.4 is 0 Å². The van der Waals surface area contributed by atoms with Crippen LogP contribution in [0.2, 0.25) is 0 Å². The van der Waals surface area contributed by atoms with Crippen LogP contribution in [0.5, 0.6) is 0 Å². The zero-order valence-electron chi connectivity index (χ0n) is 14.2. The van der Waals surface area contributed by atoms with Crippen molar-refractivity contribution < 1.29 is 13.2 Å². The van der Waals surface area contributed by atoms with Gasteiger partial charge >= 0.3 is 0 Å². The van der Waals surface area contributed by atoms with Gasteiger partial charge in [-0.3, -0.25) is 14.2 Å². The lowest BCUT2D eigenvalue weighted by molar-refractivity contribution is 0.0690. The second-order valence-corrected chi connectivity index (χ2v) is 8.65. The van der Waals surface area contributed by atoms with Crippen LogP contribution in [0.1, 0.15) is 16.2 Å². The van der Waals surface area contributed by atoms with Crippen LogP contribution in [0.3, 0.4) is 0 Å². The molecule has 0 aromatic carbocycles. The molecule has 1 saturated heterocycles. The lowest BCUT2D eigenvalue weighted by atomic mass is 10.3. The lowest BCUT2D eigenvalue weighted by Gasteiger charge is -2.33. The van der Waals surface area contributed by atoms with Gasteiger partial charge in [-0.15, -0.1) is 0 Å². The average molecular weight is 431 g/mol. The molecule has 0 bridgehead atoms. The van der Waals surface area contributed by atoms with Gasteiger partial charge < -0.3 is 4.90 Å². The van der Waals surface area contributed by atoms with Crippen molar-refractivity contribution in [2.75, 3.05) is 26.2 Å².